The van der Waals surface area contributed by atoms with E-state index in [0.717, 1.165) is 30.7 Å². The summed E-state index contributed by atoms with van der Waals surface area (Å²) in [5, 5.41) is 24.1. The molecule has 0 spiro atoms. The minimum atomic E-state index is -4.45. The molecule has 2 aromatic rings. The number of piperidine rings is 1. The first-order valence-electron chi connectivity index (χ1n) is 11.4. The highest BCUT2D eigenvalue weighted by atomic mass is 19.4. The predicted molar refractivity (Wildman–Crippen MR) is 123 cm³/mol. The minimum absolute atomic E-state index is 0.0400. The molecule has 1 amide bonds. The van der Waals surface area contributed by atoms with Gasteiger partial charge in [0.05, 0.1) is 11.7 Å². The van der Waals surface area contributed by atoms with Crippen LogP contribution in [0.3, 0.4) is 0 Å². The van der Waals surface area contributed by atoms with Crippen LogP contribution >= 0.6 is 0 Å². The van der Waals surface area contributed by atoms with E-state index in [4.69, 9.17) is 0 Å². The number of likely N-dealkylation sites (tertiary alicyclic amines) is 1. The first-order valence-corrected chi connectivity index (χ1v) is 11.4. The molecule has 4 atom stereocenters. The lowest BCUT2D eigenvalue weighted by atomic mass is 9.57. The van der Waals surface area contributed by atoms with Gasteiger partial charge in [-0.25, -0.2) is 0 Å². The summed E-state index contributed by atoms with van der Waals surface area (Å²) in [6.45, 7) is 1.54. The quantitative estimate of drug-likeness (QED) is 0.587. The van der Waals surface area contributed by atoms with Crippen LogP contribution in [0.25, 0.3) is 6.08 Å². The smallest absolute Gasteiger partial charge is 0.416 e. The van der Waals surface area contributed by atoms with Gasteiger partial charge in [-0.2, -0.15) is 13.2 Å². The maximum absolute atomic E-state index is 12.9. The van der Waals surface area contributed by atoms with Crippen molar-refractivity contribution in [2.24, 2.45) is 5.92 Å². The van der Waals surface area contributed by atoms with Crippen LogP contribution in [0, 0.1) is 5.92 Å². The highest BCUT2D eigenvalue weighted by Gasteiger charge is 2.51. The molecule has 3 N–H and O–H groups in total. The molecule has 1 saturated heterocycles. The molecule has 1 aliphatic carbocycles. The van der Waals surface area contributed by atoms with Gasteiger partial charge in [-0.05, 0) is 74.3 Å². The summed E-state index contributed by atoms with van der Waals surface area (Å²) in [4.78, 5) is 14.8. The fourth-order valence-corrected chi connectivity index (χ4v) is 5.54. The van der Waals surface area contributed by atoms with Gasteiger partial charge in [0.15, 0.2) is 0 Å². The van der Waals surface area contributed by atoms with Gasteiger partial charge in [-0.1, -0.05) is 24.3 Å². The fraction of sp³-hybridized carbons (Fsp3) is 0.423. The van der Waals surface area contributed by atoms with Gasteiger partial charge in [0.2, 0.25) is 5.91 Å². The molecule has 34 heavy (non-hydrogen) atoms. The Morgan fingerprint density at radius 2 is 1.97 bits per heavy atom. The number of amides is 1. The molecule has 2 aromatic carbocycles. The van der Waals surface area contributed by atoms with Crippen LogP contribution in [0.15, 0.2) is 54.6 Å². The first-order chi connectivity index (χ1) is 16.1. The number of nitrogens with one attached hydrogen (secondary N) is 1. The molecule has 4 rings (SSSR count). The SMILES string of the molecule is CN1CCC2(c3cccc(O)c3)CC(NC(=O)C=Cc3cccc(C(F)(F)F)c3)CC(O)C2C1. The molecule has 4 unspecified atom stereocenters. The van der Waals surface area contributed by atoms with Gasteiger partial charge in [0.25, 0.3) is 0 Å². The summed E-state index contributed by atoms with van der Waals surface area (Å²) in [6.07, 6.45) is -0.735. The van der Waals surface area contributed by atoms with E-state index in [-0.39, 0.29) is 23.3 Å². The van der Waals surface area contributed by atoms with Crippen LogP contribution in [0.4, 0.5) is 13.2 Å². The largest absolute Gasteiger partial charge is 0.508 e. The lowest BCUT2D eigenvalue weighted by Crippen LogP contribution is -2.60. The Balaban J connectivity index is 1.52. The van der Waals surface area contributed by atoms with Crippen molar-refractivity contribution < 1.29 is 28.2 Å². The lowest BCUT2D eigenvalue weighted by molar-refractivity contribution is -0.137. The molecule has 0 bridgehead atoms. The Hall–Kier alpha value is -2.84. The van der Waals surface area contributed by atoms with E-state index in [1.165, 1.54) is 24.3 Å². The zero-order chi connectivity index (χ0) is 24.5. The van der Waals surface area contributed by atoms with Crippen LogP contribution in [0.5, 0.6) is 5.75 Å². The number of hydrogen-bond acceptors (Lipinski definition) is 4. The highest BCUT2D eigenvalue weighted by molar-refractivity contribution is 5.92. The third-order valence-corrected chi connectivity index (χ3v) is 7.17. The van der Waals surface area contributed by atoms with Crippen molar-refractivity contribution in [2.45, 2.75) is 43.0 Å². The van der Waals surface area contributed by atoms with E-state index in [1.54, 1.807) is 18.2 Å². The van der Waals surface area contributed by atoms with Crippen molar-refractivity contribution in [3.8, 4) is 5.75 Å². The number of fused-ring (bicyclic) bond motifs is 1. The number of aliphatic hydroxyl groups is 1. The lowest BCUT2D eigenvalue weighted by Gasteiger charge is -2.54. The molecule has 0 radical (unpaired) electrons. The molecule has 1 aliphatic heterocycles. The normalized spacial score (nSPS) is 28.0. The molecule has 1 heterocycles. The Bertz CT molecular complexity index is 1070. The molecule has 182 valence electrons. The summed E-state index contributed by atoms with van der Waals surface area (Å²) in [6, 6.07) is 11.6. The van der Waals surface area contributed by atoms with E-state index in [2.05, 4.69) is 10.2 Å². The van der Waals surface area contributed by atoms with Gasteiger partial charge in [-0.15, -0.1) is 0 Å². The summed E-state index contributed by atoms with van der Waals surface area (Å²) in [7, 11) is 2.02. The van der Waals surface area contributed by atoms with Gasteiger partial charge >= 0.3 is 6.18 Å². The Morgan fingerprint density at radius 3 is 2.71 bits per heavy atom. The number of carbonyl (C=O) groups excluding carboxylic acids is 1. The van der Waals surface area contributed by atoms with Crippen molar-refractivity contribution in [1.29, 1.82) is 0 Å². The molecular weight excluding hydrogens is 445 g/mol. The number of benzene rings is 2. The van der Waals surface area contributed by atoms with Gasteiger partial charge < -0.3 is 20.4 Å². The van der Waals surface area contributed by atoms with E-state index in [1.807, 2.05) is 13.1 Å². The second-order valence-corrected chi connectivity index (χ2v) is 9.49. The first kappa shape index (κ1) is 24.3. The fourth-order valence-electron chi connectivity index (χ4n) is 5.54. The number of rotatable bonds is 4. The summed E-state index contributed by atoms with van der Waals surface area (Å²) >= 11 is 0. The average Bonchev–Trinajstić information content (AvgIpc) is 2.78. The maximum Gasteiger partial charge on any atom is 0.416 e. The summed E-state index contributed by atoms with van der Waals surface area (Å²) < 4.78 is 38.8. The third kappa shape index (κ3) is 5.13. The molecule has 1 saturated carbocycles. The van der Waals surface area contributed by atoms with E-state index in [0.29, 0.717) is 19.4 Å². The number of alkyl halides is 3. The van der Waals surface area contributed by atoms with Crippen LogP contribution in [0.2, 0.25) is 0 Å². The number of nitrogens with zero attached hydrogens (tertiary/aromatic N) is 1. The zero-order valence-electron chi connectivity index (χ0n) is 18.9. The Morgan fingerprint density at radius 1 is 1.21 bits per heavy atom. The van der Waals surface area contributed by atoms with Crippen molar-refractivity contribution in [2.75, 3.05) is 20.1 Å². The van der Waals surface area contributed by atoms with Crippen molar-refractivity contribution in [3.05, 3.63) is 71.3 Å². The number of phenols is 1. The maximum atomic E-state index is 12.9. The van der Waals surface area contributed by atoms with Gasteiger partial charge in [-0.3, -0.25) is 4.79 Å². The number of halogens is 3. The second kappa shape index (κ2) is 9.43. The van der Waals surface area contributed by atoms with Gasteiger partial charge in [0, 0.05) is 30.0 Å². The summed E-state index contributed by atoms with van der Waals surface area (Å²) in [5.74, 6) is -0.303. The van der Waals surface area contributed by atoms with Crippen molar-refractivity contribution >= 4 is 12.0 Å². The summed E-state index contributed by atoms with van der Waals surface area (Å²) in [5.41, 5.74) is 0.0567. The molecule has 2 aliphatic rings. The van der Waals surface area contributed by atoms with Crippen LogP contribution in [-0.4, -0.2) is 53.3 Å². The predicted octanol–water partition coefficient (Wildman–Crippen LogP) is 3.95. The number of carbonyl (C=O) groups is 1. The van der Waals surface area contributed by atoms with Crippen LogP contribution in [0.1, 0.15) is 36.0 Å². The number of phenolic OH excluding ortho intramolecular Hbond substituents is 1. The van der Waals surface area contributed by atoms with E-state index >= 15 is 0 Å². The number of aliphatic hydroxyl groups excluding tert-OH is 1. The van der Waals surface area contributed by atoms with Crippen LogP contribution in [-0.2, 0) is 16.4 Å². The highest BCUT2D eigenvalue weighted by Crippen LogP contribution is 2.49. The minimum Gasteiger partial charge on any atom is -0.508 e. The molecule has 2 fully saturated rings. The monoisotopic (exact) mass is 474 g/mol. The third-order valence-electron chi connectivity index (χ3n) is 7.17. The van der Waals surface area contributed by atoms with Gasteiger partial charge in [0.1, 0.15) is 5.75 Å². The molecule has 0 aromatic heterocycles. The van der Waals surface area contributed by atoms with Crippen molar-refractivity contribution in [1.82, 2.24) is 10.2 Å². The second-order valence-electron chi connectivity index (χ2n) is 9.49. The van der Waals surface area contributed by atoms with Crippen molar-refractivity contribution in [3.63, 3.8) is 0 Å². The Labute approximate surface area is 196 Å². The topological polar surface area (TPSA) is 72.8 Å². The van der Waals surface area contributed by atoms with E-state index in [9.17, 15) is 28.2 Å². The standard InChI is InChI=1S/C26H29F3N2O3/c1-31-11-10-25(18-5-3-7-21(32)13-18)15-20(14-23(33)22(25)16-31)30-24(34)9-8-17-4-2-6-19(12-17)26(27,28)29/h2-9,12-13,20,22-23,32-33H,10-11,14-16H2,1H3,(H,30,34). The number of hydrogen-bond donors (Lipinski definition) is 3. The van der Waals surface area contributed by atoms with E-state index < -0.39 is 29.2 Å². The van der Waals surface area contributed by atoms with Crippen LogP contribution < -0.4 is 5.32 Å². The molecular formula is C26H29F3N2O3. The Kier molecular flexibility index (Phi) is 6.73. The molecule has 8 heteroatoms. The average molecular weight is 475 g/mol. The zero-order valence-corrected chi connectivity index (χ0v) is 18.9. The molecule has 5 nitrogen and oxygen atoms in total. The number of aromatic hydroxyl groups is 1.